The number of hydrogen-bond acceptors (Lipinski definition) is 5. The topological polar surface area (TPSA) is 66.8 Å². The van der Waals surface area contributed by atoms with Crippen LogP contribution in [0, 0.1) is 0 Å². The fourth-order valence-corrected chi connectivity index (χ4v) is 1.97. The third kappa shape index (κ3) is 2.45. The lowest BCUT2D eigenvalue weighted by Crippen LogP contribution is -2.15. The quantitative estimate of drug-likeness (QED) is 0.785. The van der Waals surface area contributed by atoms with E-state index < -0.39 is 5.97 Å². The van der Waals surface area contributed by atoms with Gasteiger partial charge in [-0.05, 0) is 6.07 Å². The van der Waals surface area contributed by atoms with Gasteiger partial charge in [0.05, 0.1) is 26.8 Å². The summed E-state index contributed by atoms with van der Waals surface area (Å²) in [6.45, 7) is 0.0166. The number of carbonyl (C=O) groups is 1. The smallest absolute Gasteiger partial charge is 0.325 e. The van der Waals surface area contributed by atoms with E-state index in [-0.39, 0.29) is 12.0 Å². The third-order valence-electron chi connectivity index (χ3n) is 3.01. The van der Waals surface area contributed by atoms with E-state index in [2.05, 4.69) is 4.74 Å². The molecule has 0 saturated carbocycles. The van der Waals surface area contributed by atoms with Crippen LogP contribution in [0.15, 0.2) is 29.2 Å². The number of rotatable bonds is 4. The number of ether oxygens (including phenoxy) is 3. The molecular formula is C14H15NO5. The van der Waals surface area contributed by atoms with Gasteiger partial charge in [0.25, 0.3) is 0 Å². The first-order valence-electron chi connectivity index (χ1n) is 5.92. The predicted octanol–water partition coefficient (Wildman–Crippen LogP) is 1.19. The molecule has 0 atom stereocenters. The molecule has 0 N–H and O–H groups in total. The van der Waals surface area contributed by atoms with Gasteiger partial charge in [-0.3, -0.25) is 9.59 Å². The van der Waals surface area contributed by atoms with E-state index in [1.807, 2.05) is 0 Å². The van der Waals surface area contributed by atoms with Crippen LogP contribution < -0.4 is 14.9 Å². The highest BCUT2D eigenvalue weighted by Crippen LogP contribution is 2.30. The largest absolute Gasteiger partial charge is 0.493 e. The summed E-state index contributed by atoms with van der Waals surface area (Å²) < 4.78 is 16.7. The molecule has 0 bridgehead atoms. The lowest BCUT2D eigenvalue weighted by Gasteiger charge is -2.13. The van der Waals surface area contributed by atoms with Crippen LogP contribution in [0.2, 0.25) is 0 Å². The molecule has 0 radical (unpaired) electrons. The Hall–Kier alpha value is -2.50. The zero-order chi connectivity index (χ0) is 14.7. The van der Waals surface area contributed by atoms with Crippen LogP contribution in [0.1, 0.15) is 0 Å². The van der Waals surface area contributed by atoms with Gasteiger partial charge >= 0.3 is 5.97 Å². The lowest BCUT2D eigenvalue weighted by atomic mass is 10.2. The minimum atomic E-state index is -0.398. The molecule has 6 heteroatoms. The van der Waals surface area contributed by atoms with Crippen molar-refractivity contribution in [2.45, 2.75) is 6.54 Å². The molecule has 0 aliphatic rings. The van der Waals surface area contributed by atoms with Crippen LogP contribution in [0.25, 0.3) is 10.9 Å². The maximum absolute atomic E-state index is 11.9. The molecule has 2 aromatic rings. The number of methoxy groups -OCH3 is 3. The Morgan fingerprint density at radius 2 is 1.80 bits per heavy atom. The fraction of sp³-hybridized carbons (Fsp3) is 0.286. The summed E-state index contributed by atoms with van der Waals surface area (Å²) in [4.78, 5) is 23.3. The number of fused-ring (bicyclic) bond motifs is 1. The van der Waals surface area contributed by atoms with Crippen molar-refractivity contribution in [1.82, 2.24) is 4.57 Å². The number of pyridine rings is 1. The molecule has 0 unspecified atom stereocenters. The maximum atomic E-state index is 11.9. The molecule has 6 nitrogen and oxygen atoms in total. The molecule has 0 saturated heterocycles. The number of hydrogen-bond donors (Lipinski definition) is 0. The van der Waals surface area contributed by atoms with E-state index >= 15 is 0 Å². The molecule has 1 aromatic heterocycles. The second-order valence-electron chi connectivity index (χ2n) is 4.11. The monoisotopic (exact) mass is 277 g/mol. The van der Waals surface area contributed by atoms with Crippen LogP contribution in [0.4, 0.5) is 0 Å². The van der Waals surface area contributed by atoms with Crippen molar-refractivity contribution < 1.29 is 19.0 Å². The van der Waals surface area contributed by atoms with Gasteiger partial charge in [-0.15, -0.1) is 0 Å². The molecule has 106 valence electrons. The predicted molar refractivity (Wildman–Crippen MR) is 73.3 cm³/mol. The summed E-state index contributed by atoms with van der Waals surface area (Å²) in [7, 11) is 4.33. The Bertz CT molecular complexity index is 705. The summed E-state index contributed by atoms with van der Waals surface area (Å²) in [5, 5.41) is 0.453. The van der Waals surface area contributed by atoms with E-state index in [0.29, 0.717) is 22.4 Å². The van der Waals surface area contributed by atoms with Crippen molar-refractivity contribution in [3.63, 3.8) is 0 Å². The maximum Gasteiger partial charge on any atom is 0.325 e. The molecule has 1 aromatic carbocycles. The number of esters is 1. The molecule has 0 amide bonds. The van der Waals surface area contributed by atoms with Gasteiger partial charge in [0.1, 0.15) is 6.54 Å². The highest BCUT2D eigenvalue weighted by molar-refractivity contribution is 5.84. The highest BCUT2D eigenvalue weighted by Gasteiger charge is 2.12. The standard InChI is InChI=1S/C14H15NO5/c1-18-12-6-9-10(7-13(12)19-2)15(5-4-11(9)16)8-14(17)20-3/h4-7H,8H2,1-3H3. The van der Waals surface area contributed by atoms with Crippen molar-refractivity contribution in [3.05, 3.63) is 34.6 Å². The summed E-state index contributed by atoms with van der Waals surface area (Å²) in [6, 6.07) is 4.67. The molecule has 0 spiro atoms. The Labute approximate surface area is 115 Å². The molecule has 0 fully saturated rings. The van der Waals surface area contributed by atoms with Crippen LogP contribution in [-0.4, -0.2) is 31.9 Å². The first kappa shape index (κ1) is 13.9. The average molecular weight is 277 g/mol. The van der Waals surface area contributed by atoms with E-state index in [0.717, 1.165) is 0 Å². The lowest BCUT2D eigenvalue weighted by molar-refractivity contribution is -0.141. The van der Waals surface area contributed by atoms with Crippen molar-refractivity contribution in [2.24, 2.45) is 0 Å². The summed E-state index contributed by atoms with van der Waals surface area (Å²) in [5.41, 5.74) is 0.433. The summed E-state index contributed by atoms with van der Waals surface area (Å²) in [6.07, 6.45) is 1.55. The molecule has 20 heavy (non-hydrogen) atoms. The minimum Gasteiger partial charge on any atom is -0.493 e. The van der Waals surface area contributed by atoms with Crippen molar-refractivity contribution in [2.75, 3.05) is 21.3 Å². The van der Waals surface area contributed by atoms with Crippen LogP contribution in [0.3, 0.4) is 0 Å². The highest BCUT2D eigenvalue weighted by atomic mass is 16.5. The van der Waals surface area contributed by atoms with Crippen molar-refractivity contribution >= 4 is 16.9 Å². The van der Waals surface area contributed by atoms with Gasteiger partial charge in [0.15, 0.2) is 16.9 Å². The second kappa shape index (κ2) is 5.64. The van der Waals surface area contributed by atoms with E-state index in [1.54, 1.807) is 22.9 Å². The minimum absolute atomic E-state index is 0.0166. The number of benzene rings is 1. The SMILES string of the molecule is COC(=O)Cn1ccc(=O)c2cc(OC)c(OC)cc21. The van der Waals surface area contributed by atoms with Crippen LogP contribution in [-0.2, 0) is 16.1 Å². The Morgan fingerprint density at radius 3 is 2.40 bits per heavy atom. The number of aromatic nitrogens is 1. The molecule has 2 rings (SSSR count). The number of carbonyl (C=O) groups excluding carboxylic acids is 1. The Morgan fingerprint density at radius 1 is 1.15 bits per heavy atom. The third-order valence-corrected chi connectivity index (χ3v) is 3.01. The van der Waals surface area contributed by atoms with Crippen molar-refractivity contribution in [3.8, 4) is 11.5 Å². The van der Waals surface area contributed by atoms with Gasteiger partial charge in [-0.25, -0.2) is 0 Å². The zero-order valence-corrected chi connectivity index (χ0v) is 11.5. The van der Waals surface area contributed by atoms with E-state index in [4.69, 9.17) is 9.47 Å². The molecule has 1 heterocycles. The first-order valence-corrected chi connectivity index (χ1v) is 5.92. The van der Waals surface area contributed by atoms with E-state index in [1.165, 1.54) is 27.4 Å². The second-order valence-corrected chi connectivity index (χ2v) is 4.11. The zero-order valence-electron chi connectivity index (χ0n) is 11.5. The van der Waals surface area contributed by atoms with Gasteiger partial charge < -0.3 is 18.8 Å². The summed E-state index contributed by atoms with van der Waals surface area (Å²) >= 11 is 0. The molecule has 0 aliphatic heterocycles. The fourth-order valence-electron chi connectivity index (χ4n) is 1.97. The molecular weight excluding hydrogens is 262 g/mol. The Kier molecular flexibility index (Phi) is 3.93. The van der Waals surface area contributed by atoms with Crippen LogP contribution in [0.5, 0.6) is 11.5 Å². The number of nitrogens with zero attached hydrogens (tertiary/aromatic N) is 1. The summed E-state index contributed by atoms with van der Waals surface area (Å²) in [5.74, 6) is 0.557. The Balaban J connectivity index is 2.69. The average Bonchev–Trinajstić information content (AvgIpc) is 2.48. The van der Waals surface area contributed by atoms with Gasteiger partial charge in [0.2, 0.25) is 0 Å². The van der Waals surface area contributed by atoms with Gasteiger partial charge in [-0.1, -0.05) is 0 Å². The van der Waals surface area contributed by atoms with Crippen molar-refractivity contribution in [1.29, 1.82) is 0 Å². The van der Waals surface area contributed by atoms with Gasteiger partial charge in [-0.2, -0.15) is 0 Å². The normalized spacial score (nSPS) is 10.3. The van der Waals surface area contributed by atoms with Gasteiger partial charge in [0, 0.05) is 23.7 Å². The van der Waals surface area contributed by atoms with E-state index in [9.17, 15) is 9.59 Å². The first-order chi connectivity index (χ1) is 9.60. The van der Waals surface area contributed by atoms with Crippen LogP contribution >= 0.6 is 0 Å². The molecule has 0 aliphatic carbocycles.